The lowest BCUT2D eigenvalue weighted by atomic mass is 10.2. The topological polar surface area (TPSA) is 12.5 Å². The molecule has 0 aliphatic carbocycles. The van der Waals surface area contributed by atoms with Crippen molar-refractivity contribution >= 4 is 0 Å². The van der Waals surface area contributed by atoms with E-state index in [2.05, 4.69) is 42.8 Å². The lowest BCUT2D eigenvalue weighted by Gasteiger charge is -2.13. The van der Waals surface area contributed by atoms with Crippen molar-refractivity contribution in [1.82, 2.24) is 4.90 Å². The molecule has 0 saturated heterocycles. The van der Waals surface area contributed by atoms with E-state index >= 15 is 0 Å². The Kier molecular flexibility index (Phi) is 6.98. The van der Waals surface area contributed by atoms with Crippen molar-refractivity contribution < 1.29 is 4.74 Å². The smallest absolute Gasteiger partial charge is 0.118 e. The molecule has 1 rings (SSSR count). The molecule has 0 aromatic heterocycles. The van der Waals surface area contributed by atoms with Gasteiger partial charge in [0.2, 0.25) is 0 Å². The molecule has 0 atom stereocenters. The Morgan fingerprint density at radius 1 is 1.17 bits per heavy atom. The largest absolute Gasteiger partial charge is 0.497 e. The quantitative estimate of drug-likeness (QED) is 0.563. The maximum Gasteiger partial charge on any atom is 0.118 e. The standard InChI is InChI=1S/C16H23NO/c1-4-5-6-7-8-13-17(2)14-15-9-11-16(18-3)12-10-15/h9-12H,4-6,13-14H2,1-3H3. The maximum absolute atomic E-state index is 5.14. The number of rotatable bonds is 6. The van der Waals surface area contributed by atoms with Crippen LogP contribution in [0.4, 0.5) is 0 Å². The van der Waals surface area contributed by atoms with E-state index in [0.717, 1.165) is 25.3 Å². The first kappa shape index (κ1) is 14.6. The van der Waals surface area contributed by atoms with E-state index in [1.807, 2.05) is 12.1 Å². The van der Waals surface area contributed by atoms with Gasteiger partial charge in [0.1, 0.15) is 5.75 Å². The van der Waals surface area contributed by atoms with Crippen LogP contribution in [0.3, 0.4) is 0 Å². The Morgan fingerprint density at radius 2 is 1.89 bits per heavy atom. The zero-order valence-electron chi connectivity index (χ0n) is 11.7. The van der Waals surface area contributed by atoms with Crippen LogP contribution in [0.25, 0.3) is 0 Å². The molecule has 0 spiro atoms. The molecule has 1 aromatic carbocycles. The van der Waals surface area contributed by atoms with E-state index in [1.165, 1.54) is 18.4 Å². The van der Waals surface area contributed by atoms with E-state index in [9.17, 15) is 0 Å². The molecular formula is C16H23NO. The Morgan fingerprint density at radius 3 is 2.50 bits per heavy atom. The third-order valence-electron chi connectivity index (χ3n) is 2.74. The van der Waals surface area contributed by atoms with Gasteiger partial charge in [0.05, 0.1) is 13.7 Å². The summed E-state index contributed by atoms with van der Waals surface area (Å²) >= 11 is 0. The predicted octanol–water partition coefficient (Wildman–Crippen LogP) is 3.32. The molecule has 98 valence electrons. The van der Waals surface area contributed by atoms with E-state index in [-0.39, 0.29) is 0 Å². The van der Waals surface area contributed by atoms with Gasteiger partial charge < -0.3 is 4.74 Å². The van der Waals surface area contributed by atoms with Crippen LogP contribution in [0.15, 0.2) is 24.3 Å². The minimum Gasteiger partial charge on any atom is -0.497 e. The highest BCUT2D eigenvalue weighted by Crippen LogP contribution is 2.12. The van der Waals surface area contributed by atoms with Crippen molar-refractivity contribution in [2.45, 2.75) is 32.7 Å². The lowest BCUT2D eigenvalue weighted by Crippen LogP contribution is -2.17. The van der Waals surface area contributed by atoms with E-state index < -0.39 is 0 Å². The van der Waals surface area contributed by atoms with Gasteiger partial charge in [-0.05, 0) is 31.2 Å². The van der Waals surface area contributed by atoms with Gasteiger partial charge in [-0.15, -0.1) is 5.92 Å². The first-order valence-corrected chi connectivity index (χ1v) is 6.53. The summed E-state index contributed by atoms with van der Waals surface area (Å²) in [6.07, 6.45) is 3.44. The van der Waals surface area contributed by atoms with Gasteiger partial charge in [-0.3, -0.25) is 4.90 Å². The third-order valence-corrected chi connectivity index (χ3v) is 2.74. The Balaban J connectivity index is 2.33. The van der Waals surface area contributed by atoms with Crippen LogP contribution in [0.1, 0.15) is 31.7 Å². The van der Waals surface area contributed by atoms with Crippen molar-refractivity contribution in [2.24, 2.45) is 0 Å². The average Bonchev–Trinajstić information content (AvgIpc) is 2.39. The van der Waals surface area contributed by atoms with Crippen LogP contribution in [0.2, 0.25) is 0 Å². The van der Waals surface area contributed by atoms with Crippen LogP contribution in [0, 0.1) is 11.8 Å². The van der Waals surface area contributed by atoms with Gasteiger partial charge in [0, 0.05) is 13.0 Å². The molecule has 0 unspecified atom stereocenters. The second kappa shape index (κ2) is 8.60. The first-order chi connectivity index (χ1) is 8.76. The normalized spacial score (nSPS) is 10.0. The lowest BCUT2D eigenvalue weighted by molar-refractivity contribution is 0.368. The number of hydrogen-bond donors (Lipinski definition) is 0. The van der Waals surface area contributed by atoms with E-state index in [1.54, 1.807) is 7.11 Å². The third kappa shape index (κ3) is 5.75. The van der Waals surface area contributed by atoms with E-state index in [0.29, 0.717) is 0 Å². The van der Waals surface area contributed by atoms with Crippen molar-refractivity contribution in [1.29, 1.82) is 0 Å². The number of hydrogen-bond acceptors (Lipinski definition) is 2. The molecule has 0 aliphatic heterocycles. The molecule has 18 heavy (non-hydrogen) atoms. The molecule has 0 saturated carbocycles. The van der Waals surface area contributed by atoms with Gasteiger partial charge in [-0.1, -0.05) is 31.4 Å². The monoisotopic (exact) mass is 245 g/mol. The minimum atomic E-state index is 0.829. The van der Waals surface area contributed by atoms with Crippen molar-refractivity contribution in [3.8, 4) is 17.6 Å². The number of methoxy groups -OCH3 is 1. The zero-order chi connectivity index (χ0) is 13.2. The summed E-state index contributed by atoms with van der Waals surface area (Å²) in [6, 6.07) is 8.19. The molecule has 0 bridgehead atoms. The fourth-order valence-electron chi connectivity index (χ4n) is 1.64. The molecular weight excluding hydrogens is 222 g/mol. The molecule has 0 aliphatic rings. The van der Waals surface area contributed by atoms with E-state index in [4.69, 9.17) is 4.74 Å². The van der Waals surface area contributed by atoms with Crippen LogP contribution in [-0.4, -0.2) is 25.6 Å². The van der Waals surface area contributed by atoms with Crippen LogP contribution >= 0.6 is 0 Å². The van der Waals surface area contributed by atoms with Gasteiger partial charge in [0.25, 0.3) is 0 Å². The highest BCUT2D eigenvalue weighted by molar-refractivity contribution is 5.27. The predicted molar refractivity (Wildman–Crippen MR) is 76.6 cm³/mol. The van der Waals surface area contributed by atoms with Gasteiger partial charge in [-0.25, -0.2) is 0 Å². The fraction of sp³-hybridized carbons (Fsp3) is 0.500. The highest BCUT2D eigenvalue weighted by atomic mass is 16.5. The SMILES string of the molecule is CCCCC#CCN(C)Cc1ccc(OC)cc1. The minimum absolute atomic E-state index is 0.829. The van der Waals surface area contributed by atoms with Crippen molar-refractivity contribution in [3.63, 3.8) is 0 Å². The second-order valence-corrected chi connectivity index (χ2v) is 4.48. The molecule has 2 nitrogen and oxygen atoms in total. The summed E-state index contributed by atoms with van der Waals surface area (Å²) in [6.45, 7) is 3.94. The van der Waals surface area contributed by atoms with Crippen molar-refractivity contribution in [2.75, 3.05) is 20.7 Å². The molecule has 0 heterocycles. The van der Waals surface area contributed by atoms with Crippen LogP contribution < -0.4 is 4.74 Å². The van der Waals surface area contributed by atoms with Crippen molar-refractivity contribution in [3.05, 3.63) is 29.8 Å². The summed E-state index contributed by atoms with van der Waals surface area (Å²) in [5.41, 5.74) is 1.29. The Bertz CT molecular complexity index is 386. The molecule has 1 aromatic rings. The van der Waals surface area contributed by atoms with Gasteiger partial charge >= 0.3 is 0 Å². The number of nitrogens with zero attached hydrogens (tertiary/aromatic N) is 1. The number of benzene rings is 1. The highest BCUT2D eigenvalue weighted by Gasteiger charge is 1.98. The average molecular weight is 245 g/mol. The fourth-order valence-corrected chi connectivity index (χ4v) is 1.64. The zero-order valence-corrected chi connectivity index (χ0v) is 11.7. The molecule has 2 heteroatoms. The maximum atomic E-state index is 5.14. The molecule has 0 amide bonds. The summed E-state index contributed by atoms with van der Waals surface area (Å²) in [4.78, 5) is 2.22. The van der Waals surface area contributed by atoms with Crippen LogP contribution in [-0.2, 0) is 6.54 Å². The first-order valence-electron chi connectivity index (χ1n) is 6.53. The Hall–Kier alpha value is -1.46. The summed E-state index contributed by atoms with van der Waals surface area (Å²) < 4.78 is 5.14. The number of ether oxygens (including phenoxy) is 1. The van der Waals surface area contributed by atoms with Crippen LogP contribution in [0.5, 0.6) is 5.75 Å². The Labute approximate surface area is 111 Å². The summed E-state index contributed by atoms with van der Waals surface area (Å²) in [5.74, 6) is 7.33. The van der Waals surface area contributed by atoms with Gasteiger partial charge in [-0.2, -0.15) is 0 Å². The van der Waals surface area contributed by atoms with Gasteiger partial charge in [0.15, 0.2) is 0 Å². The summed E-state index contributed by atoms with van der Waals surface area (Å²) in [5, 5.41) is 0. The molecule has 0 N–H and O–H groups in total. The molecule has 0 radical (unpaired) electrons. The molecule has 0 fully saturated rings. The number of unbranched alkanes of at least 4 members (excludes halogenated alkanes) is 2. The summed E-state index contributed by atoms with van der Waals surface area (Å²) in [7, 11) is 3.78. The second-order valence-electron chi connectivity index (χ2n) is 4.48.